The molecule has 0 radical (unpaired) electrons. The van der Waals surface area contributed by atoms with E-state index in [2.05, 4.69) is 52.0 Å². The van der Waals surface area contributed by atoms with Gasteiger partial charge in [0.25, 0.3) is 0 Å². The minimum atomic E-state index is 0.348. The highest BCUT2D eigenvalue weighted by atomic mass is 79.9. The maximum atomic E-state index is 6.00. The molecule has 0 saturated carbocycles. The van der Waals surface area contributed by atoms with Gasteiger partial charge < -0.3 is 5.73 Å². The van der Waals surface area contributed by atoms with E-state index in [9.17, 15) is 0 Å². The molecule has 82 valence electrons. The maximum absolute atomic E-state index is 6.00. The molecule has 0 aliphatic carbocycles. The molecule has 1 aliphatic heterocycles. The number of nitrogens with two attached hydrogens (primary N) is 1. The van der Waals surface area contributed by atoms with E-state index in [1.807, 2.05) is 0 Å². The van der Waals surface area contributed by atoms with Gasteiger partial charge in [-0.15, -0.1) is 0 Å². The van der Waals surface area contributed by atoms with Gasteiger partial charge in [0.05, 0.1) is 0 Å². The summed E-state index contributed by atoms with van der Waals surface area (Å²) in [5.41, 5.74) is 7.36. The monoisotopic (exact) mass is 268 g/mol. The van der Waals surface area contributed by atoms with Crippen molar-refractivity contribution in [1.82, 2.24) is 4.90 Å². The SMILES string of the molecule is CC1CN(Cc2ccc(Br)cc2)CC1N. The zero-order valence-corrected chi connectivity index (χ0v) is 10.6. The van der Waals surface area contributed by atoms with Gasteiger partial charge in [-0.2, -0.15) is 0 Å². The molecule has 2 N–H and O–H groups in total. The largest absolute Gasteiger partial charge is 0.326 e. The lowest BCUT2D eigenvalue weighted by atomic mass is 10.1. The van der Waals surface area contributed by atoms with Crippen molar-refractivity contribution < 1.29 is 0 Å². The highest BCUT2D eigenvalue weighted by molar-refractivity contribution is 9.10. The van der Waals surface area contributed by atoms with Crippen molar-refractivity contribution in [2.45, 2.75) is 19.5 Å². The molecule has 0 spiro atoms. The van der Waals surface area contributed by atoms with Crippen LogP contribution in [0.2, 0.25) is 0 Å². The van der Waals surface area contributed by atoms with Crippen LogP contribution in [0.5, 0.6) is 0 Å². The van der Waals surface area contributed by atoms with Gasteiger partial charge in [0, 0.05) is 30.1 Å². The van der Waals surface area contributed by atoms with Crippen molar-refractivity contribution in [2.24, 2.45) is 11.7 Å². The van der Waals surface area contributed by atoms with E-state index in [4.69, 9.17) is 5.73 Å². The van der Waals surface area contributed by atoms with E-state index >= 15 is 0 Å². The minimum absolute atomic E-state index is 0.348. The van der Waals surface area contributed by atoms with Crippen molar-refractivity contribution >= 4 is 15.9 Å². The average molecular weight is 269 g/mol. The molecule has 0 bridgehead atoms. The summed E-state index contributed by atoms with van der Waals surface area (Å²) in [5.74, 6) is 0.625. The van der Waals surface area contributed by atoms with Crippen LogP contribution < -0.4 is 5.73 Å². The second kappa shape index (κ2) is 4.64. The van der Waals surface area contributed by atoms with Crippen LogP contribution in [-0.2, 0) is 6.54 Å². The predicted molar refractivity (Wildman–Crippen MR) is 66.6 cm³/mol. The summed E-state index contributed by atoms with van der Waals surface area (Å²) in [4.78, 5) is 2.43. The van der Waals surface area contributed by atoms with Crippen LogP contribution in [0, 0.1) is 5.92 Å². The van der Waals surface area contributed by atoms with Crippen LogP contribution in [0.25, 0.3) is 0 Å². The number of likely N-dealkylation sites (tertiary alicyclic amines) is 1. The second-order valence-corrected chi connectivity index (χ2v) is 5.38. The first-order valence-electron chi connectivity index (χ1n) is 5.37. The molecule has 1 saturated heterocycles. The Morgan fingerprint density at radius 3 is 2.53 bits per heavy atom. The number of nitrogens with zero attached hydrogens (tertiary/aromatic N) is 1. The summed E-state index contributed by atoms with van der Waals surface area (Å²) in [5, 5.41) is 0. The Balaban J connectivity index is 1.95. The molecule has 0 aromatic heterocycles. The highest BCUT2D eigenvalue weighted by Gasteiger charge is 2.26. The lowest BCUT2D eigenvalue weighted by Crippen LogP contribution is -2.28. The van der Waals surface area contributed by atoms with Gasteiger partial charge in [-0.3, -0.25) is 4.90 Å². The van der Waals surface area contributed by atoms with Gasteiger partial charge in [-0.1, -0.05) is 35.0 Å². The molecule has 3 heteroatoms. The molecule has 1 aliphatic rings. The first-order chi connectivity index (χ1) is 7.15. The summed E-state index contributed by atoms with van der Waals surface area (Å²) < 4.78 is 1.14. The topological polar surface area (TPSA) is 29.3 Å². The van der Waals surface area contributed by atoms with E-state index in [0.29, 0.717) is 12.0 Å². The molecule has 2 unspecified atom stereocenters. The Morgan fingerprint density at radius 1 is 1.33 bits per heavy atom. The zero-order valence-electron chi connectivity index (χ0n) is 8.99. The van der Waals surface area contributed by atoms with Gasteiger partial charge >= 0.3 is 0 Å². The van der Waals surface area contributed by atoms with Gasteiger partial charge in [0.1, 0.15) is 0 Å². The smallest absolute Gasteiger partial charge is 0.0234 e. The van der Waals surface area contributed by atoms with E-state index < -0.39 is 0 Å². The Bertz CT molecular complexity index is 313. The van der Waals surface area contributed by atoms with Gasteiger partial charge in [-0.05, 0) is 23.6 Å². The molecule has 1 aromatic rings. The van der Waals surface area contributed by atoms with Gasteiger partial charge in [0.2, 0.25) is 0 Å². The van der Waals surface area contributed by atoms with Crippen molar-refractivity contribution in [2.75, 3.05) is 13.1 Å². The van der Waals surface area contributed by atoms with Crippen molar-refractivity contribution in [1.29, 1.82) is 0 Å². The average Bonchev–Trinajstić information content (AvgIpc) is 2.50. The molecule has 2 nitrogen and oxygen atoms in total. The molecule has 15 heavy (non-hydrogen) atoms. The first kappa shape index (κ1) is 11.1. The molecule has 0 amide bonds. The molecular weight excluding hydrogens is 252 g/mol. The quantitative estimate of drug-likeness (QED) is 0.892. The number of benzene rings is 1. The van der Waals surface area contributed by atoms with E-state index in [1.165, 1.54) is 5.56 Å². The van der Waals surface area contributed by atoms with Crippen molar-refractivity contribution in [3.05, 3.63) is 34.3 Å². The van der Waals surface area contributed by atoms with E-state index in [-0.39, 0.29) is 0 Å². The Morgan fingerprint density at radius 2 is 2.00 bits per heavy atom. The van der Waals surface area contributed by atoms with Crippen molar-refractivity contribution in [3.63, 3.8) is 0 Å². The molecule has 1 fully saturated rings. The number of hydrogen-bond donors (Lipinski definition) is 1. The zero-order chi connectivity index (χ0) is 10.8. The van der Waals surface area contributed by atoms with Gasteiger partial charge in [0.15, 0.2) is 0 Å². The fraction of sp³-hybridized carbons (Fsp3) is 0.500. The first-order valence-corrected chi connectivity index (χ1v) is 6.17. The number of rotatable bonds is 2. The van der Waals surface area contributed by atoms with Crippen molar-refractivity contribution in [3.8, 4) is 0 Å². The van der Waals surface area contributed by atoms with Crippen LogP contribution in [0.1, 0.15) is 12.5 Å². The third kappa shape index (κ3) is 2.80. The summed E-state index contributed by atoms with van der Waals surface area (Å²) in [6.07, 6.45) is 0. The Labute approximate surface area is 99.6 Å². The summed E-state index contributed by atoms with van der Waals surface area (Å²) in [6, 6.07) is 8.86. The van der Waals surface area contributed by atoms with Crippen LogP contribution in [0.3, 0.4) is 0 Å². The summed E-state index contributed by atoms with van der Waals surface area (Å²) in [7, 11) is 0. The molecule has 2 atom stereocenters. The van der Waals surface area contributed by atoms with E-state index in [0.717, 1.165) is 24.1 Å². The minimum Gasteiger partial charge on any atom is -0.326 e. The van der Waals surface area contributed by atoms with Crippen LogP contribution in [0.4, 0.5) is 0 Å². The Kier molecular flexibility index (Phi) is 3.44. The van der Waals surface area contributed by atoms with Crippen LogP contribution in [0.15, 0.2) is 28.7 Å². The van der Waals surface area contributed by atoms with Gasteiger partial charge in [-0.25, -0.2) is 0 Å². The fourth-order valence-corrected chi connectivity index (χ4v) is 2.34. The summed E-state index contributed by atoms with van der Waals surface area (Å²) >= 11 is 3.44. The molecular formula is C12H17BrN2. The standard InChI is InChI=1S/C12H17BrN2/c1-9-6-15(8-12(9)14)7-10-2-4-11(13)5-3-10/h2-5,9,12H,6-8,14H2,1H3. The van der Waals surface area contributed by atoms with Crippen LogP contribution >= 0.6 is 15.9 Å². The third-order valence-corrected chi connectivity index (χ3v) is 3.59. The Hall–Kier alpha value is -0.380. The lowest BCUT2D eigenvalue weighted by Gasteiger charge is -2.15. The van der Waals surface area contributed by atoms with E-state index in [1.54, 1.807) is 0 Å². The molecule has 2 rings (SSSR count). The molecule has 1 heterocycles. The second-order valence-electron chi connectivity index (χ2n) is 4.46. The fourth-order valence-electron chi connectivity index (χ4n) is 2.07. The summed E-state index contributed by atoms with van der Waals surface area (Å²) in [6.45, 7) is 5.39. The number of hydrogen-bond acceptors (Lipinski definition) is 2. The molecule has 1 aromatic carbocycles. The normalized spacial score (nSPS) is 27.1. The number of halogens is 1. The maximum Gasteiger partial charge on any atom is 0.0234 e. The lowest BCUT2D eigenvalue weighted by molar-refractivity contribution is 0.319. The van der Waals surface area contributed by atoms with Crippen LogP contribution in [-0.4, -0.2) is 24.0 Å². The highest BCUT2D eigenvalue weighted by Crippen LogP contribution is 2.18. The predicted octanol–water partition coefficient (Wildman–Crippen LogP) is 2.23. The third-order valence-electron chi connectivity index (χ3n) is 3.07.